The maximum absolute atomic E-state index is 9.90. The van der Waals surface area contributed by atoms with Gasteiger partial charge >= 0.3 is 6.21 Å². The highest BCUT2D eigenvalue weighted by molar-refractivity contribution is 5.74. The van der Waals surface area contributed by atoms with Crippen molar-refractivity contribution in [3.05, 3.63) is 28.6 Å². The Balaban J connectivity index is 2.13. The highest BCUT2D eigenvalue weighted by atomic mass is 16.5. The third-order valence-corrected chi connectivity index (χ3v) is 1.91. The number of nitrogens with zero attached hydrogens (tertiary/aromatic N) is 1. The van der Waals surface area contributed by atoms with Gasteiger partial charge in [0.25, 0.3) is 0 Å². The molecule has 0 unspecified atom stereocenters. The fourth-order valence-corrected chi connectivity index (χ4v) is 1.09. The molecule has 0 spiro atoms. The van der Waals surface area contributed by atoms with E-state index in [-0.39, 0.29) is 13.2 Å². The van der Waals surface area contributed by atoms with Crippen LogP contribution in [0.1, 0.15) is 11.5 Å². The summed E-state index contributed by atoms with van der Waals surface area (Å²) in [6.07, 6.45) is 1.05. The predicted molar refractivity (Wildman–Crippen MR) is 52.0 cm³/mol. The first kappa shape index (κ1) is 9.69. The van der Waals surface area contributed by atoms with Gasteiger partial charge in [-0.05, 0) is 18.1 Å². The van der Waals surface area contributed by atoms with Crippen molar-refractivity contribution in [1.82, 2.24) is 4.85 Å². The summed E-state index contributed by atoms with van der Waals surface area (Å²) in [5.74, 6) is 6.01. The molecule has 0 saturated carbocycles. The minimum absolute atomic E-state index is 0.218. The molecule has 0 radical (unpaired) electrons. The van der Waals surface area contributed by atoms with Gasteiger partial charge < -0.3 is 14.3 Å². The van der Waals surface area contributed by atoms with E-state index in [1.54, 1.807) is 12.1 Å². The van der Waals surface area contributed by atoms with Gasteiger partial charge in [-0.15, -0.1) is 0 Å². The lowest BCUT2D eigenvalue weighted by Gasteiger charge is -2.30. The molecule has 1 N–H and O–H groups in total. The van der Waals surface area contributed by atoms with E-state index in [1.807, 2.05) is 0 Å². The molecule has 5 nitrogen and oxygen atoms in total. The average Bonchev–Trinajstić information content (AvgIpc) is 2.60. The lowest BCUT2D eigenvalue weighted by Crippen LogP contribution is -2.48. The first-order valence-corrected chi connectivity index (χ1v) is 4.31. The normalized spacial score (nSPS) is 16.9. The number of ether oxygens (including phenoxy) is 1. The molecular weight excluding hydrogens is 198 g/mol. The van der Waals surface area contributed by atoms with E-state index in [0.717, 1.165) is 6.21 Å². The molecule has 1 aliphatic rings. The summed E-state index contributed by atoms with van der Waals surface area (Å²) < 4.78 is 9.94. The summed E-state index contributed by atoms with van der Waals surface area (Å²) >= 11 is 0. The molecule has 0 atom stereocenters. The molecular formula is C10H8NO4+. The molecule has 0 bridgehead atoms. The van der Waals surface area contributed by atoms with Gasteiger partial charge in [-0.2, -0.15) is 0 Å². The van der Waals surface area contributed by atoms with Gasteiger partial charge in [0.05, 0.1) is 13.2 Å². The molecule has 2 heterocycles. The van der Waals surface area contributed by atoms with E-state index in [0.29, 0.717) is 11.5 Å². The van der Waals surface area contributed by atoms with E-state index in [9.17, 15) is 10.0 Å². The summed E-state index contributed by atoms with van der Waals surface area (Å²) in [4.78, 5) is 12.5. The van der Waals surface area contributed by atoms with E-state index < -0.39 is 5.60 Å². The van der Waals surface area contributed by atoms with E-state index in [1.165, 1.54) is 0 Å². The number of rotatable bonds is 1. The highest BCUT2D eigenvalue weighted by Gasteiger charge is 2.33. The highest BCUT2D eigenvalue weighted by Crippen LogP contribution is 2.15. The van der Waals surface area contributed by atoms with Crippen LogP contribution in [-0.4, -0.2) is 30.1 Å². The van der Waals surface area contributed by atoms with Crippen molar-refractivity contribution in [2.45, 2.75) is 5.60 Å². The Kier molecular flexibility index (Phi) is 2.40. The van der Waals surface area contributed by atoms with Crippen molar-refractivity contribution in [2.24, 2.45) is 0 Å². The summed E-state index contributed by atoms with van der Waals surface area (Å²) in [6.45, 7) is 0.436. The molecule has 0 aromatic carbocycles. The molecule has 76 valence electrons. The minimum atomic E-state index is -1.06. The molecule has 1 fully saturated rings. The number of furan rings is 1. The van der Waals surface area contributed by atoms with Crippen molar-refractivity contribution in [2.75, 3.05) is 13.2 Å². The summed E-state index contributed by atoms with van der Waals surface area (Å²) in [7, 11) is 0. The number of nitroso groups, excluding NO2 is 1. The Morgan fingerprint density at radius 1 is 1.53 bits per heavy atom. The number of aliphatic hydroxyl groups is 1. The zero-order valence-corrected chi connectivity index (χ0v) is 7.77. The Morgan fingerprint density at radius 3 is 2.93 bits per heavy atom. The minimum Gasteiger partial charge on any atom is -0.441 e. The van der Waals surface area contributed by atoms with Gasteiger partial charge in [0.1, 0.15) is 0 Å². The first-order chi connectivity index (χ1) is 7.22. The fraction of sp³-hybridized carbons (Fsp3) is 0.300. The Morgan fingerprint density at radius 2 is 2.33 bits per heavy atom. The quantitative estimate of drug-likeness (QED) is 0.387. The summed E-state index contributed by atoms with van der Waals surface area (Å²) in [5, 5.41) is 9.56. The molecule has 2 rings (SSSR count). The molecule has 0 amide bonds. The Labute approximate surface area is 85.4 Å². The maximum Gasteiger partial charge on any atom is 0.403 e. The van der Waals surface area contributed by atoms with Crippen LogP contribution in [0.2, 0.25) is 0 Å². The van der Waals surface area contributed by atoms with Gasteiger partial charge in [0.15, 0.2) is 16.3 Å². The second kappa shape index (κ2) is 3.71. The lowest BCUT2D eigenvalue weighted by molar-refractivity contribution is -0.140. The van der Waals surface area contributed by atoms with E-state index in [4.69, 9.17) is 9.15 Å². The van der Waals surface area contributed by atoms with Crippen LogP contribution in [0.15, 0.2) is 16.5 Å². The van der Waals surface area contributed by atoms with Crippen LogP contribution in [0.4, 0.5) is 0 Å². The van der Waals surface area contributed by atoms with Crippen LogP contribution in [-0.2, 0) is 4.74 Å². The van der Waals surface area contributed by atoms with E-state index >= 15 is 0 Å². The third kappa shape index (κ3) is 2.14. The molecule has 1 aromatic heterocycles. The Hall–Kier alpha value is -1.86. The zero-order valence-electron chi connectivity index (χ0n) is 7.77. The van der Waals surface area contributed by atoms with Gasteiger partial charge in [-0.3, -0.25) is 0 Å². The topological polar surface area (TPSA) is 73.8 Å². The monoisotopic (exact) mass is 206 g/mol. The molecule has 5 heteroatoms. The van der Waals surface area contributed by atoms with Crippen molar-refractivity contribution in [1.29, 1.82) is 0 Å². The van der Waals surface area contributed by atoms with Gasteiger partial charge in [-0.1, -0.05) is 5.92 Å². The number of hydrogen-bond acceptors (Lipinski definition) is 4. The molecule has 1 saturated heterocycles. The second-order valence-corrected chi connectivity index (χ2v) is 3.21. The lowest BCUT2D eigenvalue weighted by atomic mass is 10.0. The smallest absolute Gasteiger partial charge is 0.403 e. The van der Waals surface area contributed by atoms with Gasteiger partial charge in [0, 0.05) is 0 Å². The van der Waals surface area contributed by atoms with Crippen LogP contribution < -0.4 is 4.85 Å². The van der Waals surface area contributed by atoms with Crippen LogP contribution in [0.3, 0.4) is 0 Å². The molecule has 15 heavy (non-hydrogen) atoms. The van der Waals surface area contributed by atoms with Gasteiger partial charge in [-0.25, -0.2) is 0 Å². The fourth-order valence-electron chi connectivity index (χ4n) is 1.09. The summed E-state index contributed by atoms with van der Waals surface area (Å²) in [5.41, 5.74) is -1.06. The number of hydrogen-bond donors (Lipinski definition) is 1. The third-order valence-electron chi connectivity index (χ3n) is 1.91. The van der Waals surface area contributed by atoms with E-state index in [2.05, 4.69) is 16.7 Å². The van der Waals surface area contributed by atoms with Crippen molar-refractivity contribution in [3.8, 4) is 11.8 Å². The molecule has 1 aliphatic heterocycles. The van der Waals surface area contributed by atoms with Crippen LogP contribution in [0.5, 0.6) is 0 Å². The predicted octanol–water partition coefficient (Wildman–Crippen LogP) is -0.355. The van der Waals surface area contributed by atoms with Crippen LogP contribution in [0, 0.1) is 16.7 Å². The van der Waals surface area contributed by atoms with Gasteiger partial charge in [0.2, 0.25) is 10.6 Å². The van der Waals surface area contributed by atoms with Crippen molar-refractivity contribution in [3.63, 3.8) is 0 Å². The van der Waals surface area contributed by atoms with Crippen LogP contribution >= 0.6 is 0 Å². The Bertz CT molecular complexity index is 469. The molecule has 1 aromatic rings. The largest absolute Gasteiger partial charge is 0.441 e. The van der Waals surface area contributed by atoms with Crippen molar-refractivity contribution < 1.29 is 14.3 Å². The standard InChI is InChI=1S/C10H8NO4/c12-10(6-14-7-10)4-3-8-1-2-9(15-8)5-11-13/h1-2,5,12H,6-7H2/q+1. The van der Waals surface area contributed by atoms with Crippen molar-refractivity contribution >= 4 is 6.21 Å². The maximum atomic E-state index is 9.90. The second-order valence-electron chi connectivity index (χ2n) is 3.21. The molecule has 0 aliphatic carbocycles. The first-order valence-electron chi connectivity index (χ1n) is 4.31. The van der Waals surface area contributed by atoms with Crippen LogP contribution in [0.25, 0.3) is 0 Å². The summed E-state index contributed by atoms with van der Waals surface area (Å²) in [6, 6.07) is 3.18. The SMILES string of the molecule is O=[N+]=Cc1ccc(C#CC2(O)COC2)o1. The average molecular weight is 206 g/mol. The zero-order chi connectivity index (χ0) is 10.7.